The second-order valence-corrected chi connectivity index (χ2v) is 5.63. The van der Waals surface area contributed by atoms with Crippen LogP contribution < -0.4 is 16.6 Å². The van der Waals surface area contributed by atoms with Crippen molar-refractivity contribution in [3.05, 3.63) is 40.3 Å². The molecule has 0 unspecified atom stereocenters. The van der Waals surface area contributed by atoms with Gasteiger partial charge in [-0.25, -0.2) is 9.97 Å². The minimum atomic E-state index is -0.266. The fourth-order valence-corrected chi connectivity index (χ4v) is 2.24. The molecule has 20 heavy (non-hydrogen) atoms. The summed E-state index contributed by atoms with van der Waals surface area (Å²) in [6.45, 7) is 4.97. The fraction of sp³-hybridized carbons (Fsp3) is 0.308. The van der Waals surface area contributed by atoms with E-state index in [-0.39, 0.29) is 11.4 Å². The zero-order valence-corrected chi connectivity index (χ0v) is 12.2. The van der Waals surface area contributed by atoms with Crippen LogP contribution in [0.15, 0.2) is 39.4 Å². The van der Waals surface area contributed by atoms with Crippen LogP contribution in [-0.4, -0.2) is 21.0 Å². The summed E-state index contributed by atoms with van der Waals surface area (Å²) in [4.78, 5) is 22.3. The van der Waals surface area contributed by atoms with Crippen molar-refractivity contribution in [2.75, 3.05) is 5.73 Å². The lowest BCUT2D eigenvalue weighted by molar-refractivity contribution is 0.587. The van der Waals surface area contributed by atoms with E-state index in [0.717, 1.165) is 17.1 Å². The first-order chi connectivity index (χ1) is 9.52. The van der Waals surface area contributed by atoms with Crippen LogP contribution in [0.4, 0.5) is 5.82 Å². The molecule has 7 heteroatoms. The maximum Gasteiger partial charge on any atom is 0.253 e. The number of hydrogen-bond donors (Lipinski definition) is 3. The van der Waals surface area contributed by atoms with Gasteiger partial charge in [0.2, 0.25) is 0 Å². The average molecular weight is 291 g/mol. The first-order valence-electron chi connectivity index (χ1n) is 6.26. The van der Waals surface area contributed by atoms with Crippen molar-refractivity contribution in [1.29, 1.82) is 0 Å². The van der Waals surface area contributed by atoms with E-state index in [1.54, 1.807) is 0 Å². The zero-order chi connectivity index (χ0) is 14.5. The van der Waals surface area contributed by atoms with Gasteiger partial charge >= 0.3 is 0 Å². The highest BCUT2D eigenvalue weighted by Crippen LogP contribution is 2.21. The second kappa shape index (κ2) is 6.53. The van der Waals surface area contributed by atoms with Gasteiger partial charge in [-0.05, 0) is 23.4 Å². The van der Waals surface area contributed by atoms with Gasteiger partial charge < -0.3 is 16.0 Å². The number of nitrogens with one attached hydrogen (secondary N) is 2. The SMILES string of the molecule is CC(C)NCc1ccc(Sc2nc(N)cc(=O)[nH]2)nc1. The van der Waals surface area contributed by atoms with Crippen LogP contribution in [0, 0.1) is 0 Å². The Morgan fingerprint density at radius 2 is 2.25 bits per heavy atom. The molecule has 0 radical (unpaired) electrons. The Hall–Kier alpha value is -1.86. The van der Waals surface area contributed by atoms with E-state index < -0.39 is 0 Å². The van der Waals surface area contributed by atoms with Gasteiger partial charge in [-0.15, -0.1) is 0 Å². The Labute approximate surface area is 121 Å². The monoisotopic (exact) mass is 291 g/mol. The van der Waals surface area contributed by atoms with Crippen LogP contribution in [0.3, 0.4) is 0 Å². The van der Waals surface area contributed by atoms with Crippen LogP contribution in [0.2, 0.25) is 0 Å². The van der Waals surface area contributed by atoms with Crippen molar-refractivity contribution >= 4 is 17.6 Å². The van der Waals surface area contributed by atoms with Crippen molar-refractivity contribution in [3.8, 4) is 0 Å². The number of pyridine rings is 1. The molecule has 4 N–H and O–H groups in total. The molecule has 2 heterocycles. The summed E-state index contributed by atoms with van der Waals surface area (Å²) in [7, 11) is 0. The van der Waals surface area contributed by atoms with Crippen LogP contribution in [0.1, 0.15) is 19.4 Å². The predicted octanol–water partition coefficient (Wildman–Crippen LogP) is 1.40. The highest BCUT2D eigenvalue weighted by molar-refractivity contribution is 7.99. The molecule has 2 aromatic rings. The number of anilines is 1. The largest absolute Gasteiger partial charge is 0.383 e. The van der Waals surface area contributed by atoms with Crippen molar-refractivity contribution in [3.63, 3.8) is 0 Å². The molecule has 0 spiro atoms. The van der Waals surface area contributed by atoms with Gasteiger partial charge in [-0.3, -0.25) is 4.79 Å². The van der Waals surface area contributed by atoms with E-state index in [9.17, 15) is 4.79 Å². The fourth-order valence-electron chi connectivity index (χ4n) is 1.50. The summed E-state index contributed by atoms with van der Waals surface area (Å²) in [6, 6.07) is 5.57. The van der Waals surface area contributed by atoms with E-state index in [2.05, 4.69) is 34.1 Å². The topological polar surface area (TPSA) is 96.7 Å². The lowest BCUT2D eigenvalue weighted by atomic mass is 10.2. The van der Waals surface area contributed by atoms with Gasteiger partial charge in [0.1, 0.15) is 10.8 Å². The summed E-state index contributed by atoms with van der Waals surface area (Å²) < 4.78 is 0. The second-order valence-electron chi connectivity index (χ2n) is 4.62. The smallest absolute Gasteiger partial charge is 0.253 e. The molecular formula is C13H17N5OS. The first-order valence-corrected chi connectivity index (χ1v) is 7.07. The molecule has 0 aliphatic carbocycles. The Balaban J connectivity index is 2.05. The van der Waals surface area contributed by atoms with Crippen molar-refractivity contribution in [2.45, 2.75) is 36.6 Å². The number of nitrogens with two attached hydrogens (primary N) is 1. The van der Waals surface area contributed by atoms with Crippen LogP contribution >= 0.6 is 11.8 Å². The molecular weight excluding hydrogens is 274 g/mol. The van der Waals surface area contributed by atoms with E-state index in [1.165, 1.54) is 17.8 Å². The Morgan fingerprint density at radius 3 is 2.85 bits per heavy atom. The van der Waals surface area contributed by atoms with Crippen molar-refractivity contribution in [1.82, 2.24) is 20.3 Å². The Kier molecular flexibility index (Phi) is 4.75. The molecule has 0 atom stereocenters. The molecule has 0 saturated carbocycles. The van der Waals surface area contributed by atoms with Crippen LogP contribution in [-0.2, 0) is 6.54 Å². The number of aromatic amines is 1. The summed E-state index contributed by atoms with van der Waals surface area (Å²) in [5.41, 5.74) is 6.37. The van der Waals surface area contributed by atoms with Gasteiger partial charge in [-0.1, -0.05) is 19.9 Å². The molecule has 0 aliphatic rings. The average Bonchev–Trinajstić information content (AvgIpc) is 2.36. The summed E-state index contributed by atoms with van der Waals surface area (Å²) >= 11 is 1.27. The molecule has 0 fully saturated rings. The number of H-pyrrole nitrogens is 1. The van der Waals surface area contributed by atoms with Crippen LogP contribution in [0.25, 0.3) is 0 Å². The molecule has 2 rings (SSSR count). The van der Waals surface area contributed by atoms with E-state index in [1.807, 2.05) is 18.3 Å². The maximum atomic E-state index is 11.3. The number of nitrogens with zero attached hydrogens (tertiary/aromatic N) is 2. The summed E-state index contributed by atoms with van der Waals surface area (Å²) in [5.74, 6) is 0.203. The molecule has 2 aromatic heterocycles. The molecule has 106 valence electrons. The number of nitrogen functional groups attached to an aromatic ring is 1. The van der Waals surface area contributed by atoms with Gasteiger partial charge in [0.25, 0.3) is 5.56 Å². The molecule has 6 nitrogen and oxygen atoms in total. The standard InChI is InChI=1S/C13H17N5OS/c1-8(2)15-6-9-3-4-12(16-7-9)20-13-17-10(14)5-11(19)18-13/h3-5,7-8,15H,6H2,1-2H3,(H3,14,17,18,19). The summed E-state index contributed by atoms with van der Waals surface area (Å²) in [6.07, 6.45) is 1.81. The molecule has 0 amide bonds. The van der Waals surface area contributed by atoms with Crippen molar-refractivity contribution < 1.29 is 0 Å². The highest BCUT2D eigenvalue weighted by Gasteiger charge is 2.03. The predicted molar refractivity (Wildman–Crippen MR) is 79.6 cm³/mol. The lowest BCUT2D eigenvalue weighted by Crippen LogP contribution is -2.21. The molecule has 0 bridgehead atoms. The molecule has 0 saturated heterocycles. The number of hydrogen-bond acceptors (Lipinski definition) is 6. The van der Waals surface area contributed by atoms with Crippen LogP contribution in [0.5, 0.6) is 0 Å². The van der Waals surface area contributed by atoms with Gasteiger partial charge in [0, 0.05) is 24.8 Å². The Bertz CT molecular complexity index is 623. The maximum absolute atomic E-state index is 11.3. The normalized spacial score (nSPS) is 10.9. The first kappa shape index (κ1) is 14.5. The highest BCUT2D eigenvalue weighted by atomic mass is 32.2. The quantitative estimate of drug-likeness (QED) is 0.720. The lowest BCUT2D eigenvalue weighted by Gasteiger charge is -2.08. The van der Waals surface area contributed by atoms with Crippen molar-refractivity contribution in [2.24, 2.45) is 0 Å². The Morgan fingerprint density at radius 1 is 1.45 bits per heavy atom. The molecule has 0 aliphatic heterocycles. The van der Waals surface area contributed by atoms with E-state index >= 15 is 0 Å². The third-order valence-electron chi connectivity index (χ3n) is 2.45. The third kappa shape index (κ3) is 4.36. The van der Waals surface area contributed by atoms with E-state index in [0.29, 0.717) is 11.2 Å². The molecule has 0 aromatic carbocycles. The van der Waals surface area contributed by atoms with E-state index in [4.69, 9.17) is 5.73 Å². The minimum Gasteiger partial charge on any atom is -0.383 e. The number of aromatic nitrogens is 3. The third-order valence-corrected chi connectivity index (χ3v) is 3.29. The van der Waals surface area contributed by atoms with Gasteiger partial charge in [0.05, 0.1) is 0 Å². The number of rotatable bonds is 5. The van der Waals surface area contributed by atoms with Gasteiger partial charge in [0.15, 0.2) is 5.16 Å². The summed E-state index contributed by atoms with van der Waals surface area (Å²) in [5, 5.41) is 4.52. The zero-order valence-electron chi connectivity index (χ0n) is 11.4. The van der Waals surface area contributed by atoms with Gasteiger partial charge in [-0.2, -0.15) is 0 Å². The minimum absolute atomic E-state index is 0.203.